The van der Waals surface area contributed by atoms with Crippen molar-refractivity contribution in [2.75, 3.05) is 0 Å². The van der Waals surface area contributed by atoms with Crippen LogP contribution in [0.5, 0.6) is 0 Å². The molecule has 0 bridgehead atoms. The minimum atomic E-state index is 0.00228. The van der Waals surface area contributed by atoms with E-state index in [0.717, 1.165) is 16.9 Å². The minimum Gasteiger partial charge on any atom is -0.238 e. The lowest BCUT2D eigenvalue weighted by Crippen LogP contribution is -1.99. The van der Waals surface area contributed by atoms with Crippen molar-refractivity contribution in [3.8, 4) is 5.69 Å². The first-order valence-electron chi connectivity index (χ1n) is 4.94. The number of hydrogen-bond donors (Lipinski definition) is 0. The van der Waals surface area contributed by atoms with Gasteiger partial charge in [-0.15, -0.1) is 11.6 Å². The lowest BCUT2D eigenvalue weighted by molar-refractivity contribution is 0.843. The molecule has 0 fully saturated rings. The van der Waals surface area contributed by atoms with Crippen LogP contribution in [0.15, 0.2) is 36.5 Å². The van der Waals surface area contributed by atoms with E-state index in [1.807, 2.05) is 55.1 Å². The quantitative estimate of drug-likeness (QED) is 0.709. The summed E-state index contributed by atoms with van der Waals surface area (Å²) in [7, 11) is 0. The molecule has 0 spiro atoms. The molecule has 3 heteroatoms. The highest BCUT2D eigenvalue weighted by Crippen LogP contribution is 2.24. The van der Waals surface area contributed by atoms with Crippen molar-refractivity contribution >= 4 is 11.6 Å². The summed E-state index contributed by atoms with van der Waals surface area (Å²) in [5.74, 6) is 0. The van der Waals surface area contributed by atoms with Gasteiger partial charge in [-0.2, -0.15) is 5.10 Å². The molecule has 1 unspecified atom stereocenters. The van der Waals surface area contributed by atoms with Crippen LogP contribution in [0.25, 0.3) is 5.69 Å². The molecule has 2 rings (SSSR count). The van der Waals surface area contributed by atoms with Gasteiger partial charge < -0.3 is 0 Å². The van der Waals surface area contributed by atoms with Gasteiger partial charge in [-0.3, -0.25) is 0 Å². The van der Waals surface area contributed by atoms with Gasteiger partial charge in [0.2, 0.25) is 0 Å². The van der Waals surface area contributed by atoms with E-state index in [1.54, 1.807) is 0 Å². The molecular formula is C12H13ClN2. The van der Waals surface area contributed by atoms with Gasteiger partial charge in [0.05, 0.1) is 17.3 Å². The largest absolute Gasteiger partial charge is 0.238 e. The number of nitrogens with zero attached hydrogens (tertiary/aromatic N) is 2. The van der Waals surface area contributed by atoms with Gasteiger partial charge in [-0.1, -0.05) is 18.2 Å². The molecule has 0 saturated heterocycles. The third kappa shape index (κ3) is 1.90. The summed E-state index contributed by atoms with van der Waals surface area (Å²) in [4.78, 5) is 0. The van der Waals surface area contributed by atoms with Crippen LogP contribution in [0.4, 0.5) is 0 Å². The van der Waals surface area contributed by atoms with E-state index in [2.05, 4.69) is 5.10 Å². The van der Waals surface area contributed by atoms with E-state index < -0.39 is 0 Å². The maximum Gasteiger partial charge on any atom is 0.0648 e. The lowest BCUT2D eigenvalue weighted by atomic mass is 10.2. The van der Waals surface area contributed by atoms with Crippen LogP contribution < -0.4 is 0 Å². The molecule has 0 aliphatic carbocycles. The Labute approximate surface area is 94.5 Å². The average Bonchev–Trinajstić information content (AvgIpc) is 2.61. The van der Waals surface area contributed by atoms with Gasteiger partial charge in [-0.05, 0) is 26.0 Å². The normalized spacial score (nSPS) is 12.7. The maximum absolute atomic E-state index is 6.06. The Morgan fingerprint density at radius 2 is 1.93 bits per heavy atom. The third-order valence-electron chi connectivity index (χ3n) is 2.48. The molecule has 2 nitrogen and oxygen atoms in total. The van der Waals surface area contributed by atoms with Crippen LogP contribution in [0, 0.1) is 6.92 Å². The standard InChI is InChI=1S/C12H13ClN2/c1-9(13)12-8-14-15(10(12)2)11-6-4-3-5-7-11/h3-9H,1-2H3. The van der Waals surface area contributed by atoms with E-state index in [9.17, 15) is 0 Å². The summed E-state index contributed by atoms with van der Waals surface area (Å²) in [5, 5.41) is 4.34. The Morgan fingerprint density at radius 1 is 1.27 bits per heavy atom. The van der Waals surface area contributed by atoms with Crippen molar-refractivity contribution in [1.82, 2.24) is 9.78 Å². The zero-order chi connectivity index (χ0) is 10.8. The van der Waals surface area contributed by atoms with Crippen molar-refractivity contribution < 1.29 is 0 Å². The number of para-hydroxylation sites is 1. The number of benzene rings is 1. The highest BCUT2D eigenvalue weighted by atomic mass is 35.5. The van der Waals surface area contributed by atoms with Crippen molar-refractivity contribution in [2.24, 2.45) is 0 Å². The molecule has 2 aromatic rings. The first-order valence-corrected chi connectivity index (χ1v) is 5.38. The number of alkyl halides is 1. The monoisotopic (exact) mass is 220 g/mol. The van der Waals surface area contributed by atoms with E-state index in [1.165, 1.54) is 0 Å². The lowest BCUT2D eigenvalue weighted by Gasteiger charge is -2.05. The Morgan fingerprint density at radius 3 is 2.47 bits per heavy atom. The van der Waals surface area contributed by atoms with Gasteiger partial charge in [0.1, 0.15) is 0 Å². The van der Waals surface area contributed by atoms with E-state index >= 15 is 0 Å². The smallest absolute Gasteiger partial charge is 0.0648 e. The predicted molar refractivity (Wildman–Crippen MR) is 62.6 cm³/mol. The van der Waals surface area contributed by atoms with E-state index in [4.69, 9.17) is 11.6 Å². The fraction of sp³-hybridized carbons (Fsp3) is 0.250. The molecule has 0 radical (unpaired) electrons. The second kappa shape index (κ2) is 4.07. The minimum absolute atomic E-state index is 0.00228. The molecule has 1 atom stereocenters. The molecule has 15 heavy (non-hydrogen) atoms. The van der Waals surface area contributed by atoms with Crippen LogP contribution in [0.3, 0.4) is 0 Å². The molecule has 78 valence electrons. The number of hydrogen-bond acceptors (Lipinski definition) is 1. The fourth-order valence-corrected chi connectivity index (χ4v) is 1.86. The van der Waals surface area contributed by atoms with Gasteiger partial charge in [0, 0.05) is 11.3 Å². The van der Waals surface area contributed by atoms with E-state index in [-0.39, 0.29) is 5.38 Å². The first kappa shape index (κ1) is 10.2. The summed E-state index contributed by atoms with van der Waals surface area (Å²) in [5.41, 5.74) is 3.25. The van der Waals surface area contributed by atoms with Crippen molar-refractivity contribution in [1.29, 1.82) is 0 Å². The SMILES string of the molecule is Cc1c(C(C)Cl)cnn1-c1ccccc1. The second-order valence-electron chi connectivity index (χ2n) is 3.55. The molecule has 1 aromatic heterocycles. The molecule has 1 heterocycles. The van der Waals surface area contributed by atoms with Crippen LogP contribution >= 0.6 is 11.6 Å². The molecule has 0 aliphatic heterocycles. The van der Waals surface area contributed by atoms with Crippen molar-refractivity contribution in [2.45, 2.75) is 19.2 Å². The summed E-state index contributed by atoms with van der Waals surface area (Å²) in [6.45, 7) is 4.00. The number of halogens is 1. The number of aromatic nitrogens is 2. The van der Waals surface area contributed by atoms with Gasteiger partial charge in [-0.25, -0.2) is 4.68 Å². The van der Waals surface area contributed by atoms with Crippen LogP contribution in [0.2, 0.25) is 0 Å². The first-order chi connectivity index (χ1) is 7.20. The molecular weight excluding hydrogens is 208 g/mol. The summed E-state index contributed by atoms with van der Waals surface area (Å²) in [6.07, 6.45) is 1.83. The van der Waals surface area contributed by atoms with Crippen molar-refractivity contribution in [3.63, 3.8) is 0 Å². The molecule has 0 N–H and O–H groups in total. The second-order valence-corrected chi connectivity index (χ2v) is 4.20. The van der Waals surface area contributed by atoms with Crippen LogP contribution in [0.1, 0.15) is 23.6 Å². The Kier molecular flexibility index (Phi) is 2.78. The fourth-order valence-electron chi connectivity index (χ4n) is 1.64. The molecule has 0 amide bonds. The average molecular weight is 221 g/mol. The van der Waals surface area contributed by atoms with Crippen LogP contribution in [-0.4, -0.2) is 9.78 Å². The zero-order valence-corrected chi connectivity index (χ0v) is 9.57. The zero-order valence-electron chi connectivity index (χ0n) is 8.81. The number of rotatable bonds is 2. The molecule has 0 aliphatic rings. The topological polar surface area (TPSA) is 17.8 Å². The predicted octanol–water partition coefficient (Wildman–Crippen LogP) is 3.48. The third-order valence-corrected chi connectivity index (χ3v) is 2.71. The van der Waals surface area contributed by atoms with Crippen LogP contribution in [-0.2, 0) is 0 Å². The molecule has 0 saturated carbocycles. The van der Waals surface area contributed by atoms with Crippen molar-refractivity contribution in [3.05, 3.63) is 47.8 Å². The summed E-state index contributed by atoms with van der Waals surface area (Å²) in [6, 6.07) is 10.1. The highest BCUT2D eigenvalue weighted by molar-refractivity contribution is 6.20. The Hall–Kier alpha value is -1.28. The summed E-state index contributed by atoms with van der Waals surface area (Å²) >= 11 is 6.06. The Balaban J connectivity index is 2.47. The van der Waals surface area contributed by atoms with E-state index in [0.29, 0.717) is 0 Å². The summed E-state index contributed by atoms with van der Waals surface area (Å²) < 4.78 is 1.91. The van der Waals surface area contributed by atoms with Gasteiger partial charge in [0.15, 0.2) is 0 Å². The Bertz CT molecular complexity index is 446. The van der Waals surface area contributed by atoms with Gasteiger partial charge >= 0.3 is 0 Å². The highest BCUT2D eigenvalue weighted by Gasteiger charge is 2.11. The van der Waals surface area contributed by atoms with Gasteiger partial charge in [0.25, 0.3) is 0 Å². The maximum atomic E-state index is 6.06. The molecule has 1 aromatic carbocycles.